The van der Waals surface area contributed by atoms with Crippen molar-refractivity contribution in [2.75, 3.05) is 46.6 Å². The monoisotopic (exact) mass is 336 g/mol. The van der Waals surface area contributed by atoms with Crippen LogP contribution < -0.4 is 0 Å². The van der Waals surface area contributed by atoms with Crippen molar-refractivity contribution in [1.29, 1.82) is 0 Å². The van der Waals surface area contributed by atoms with E-state index in [-0.39, 0.29) is 12.5 Å². The van der Waals surface area contributed by atoms with Crippen molar-refractivity contribution in [1.82, 2.24) is 10.0 Å². The fourth-order valence-electron chi connectivity index (χ4n) is 2.88. The van der Waals surface area contributed by atoms with Crippen molar-refractivity contribution in [3.63, 3.8) is 0 Å². The van der Waals surface area contributed by atoms with Gasteiger partial charge in [-0.15, -0.1) is 0 Å². The molecule has 134 valence electrons. The first-order chi connectivity index (χ1) is 11.7. The Hall–Kier alpha value is -1.47. The van der Waals surface area contributed by atoms with Crippen LogP contribution in [0.3, 0.4) is 0 Å². The predicted octanol–water partition coefficient (Wildman–Crippen LogP) is 1.47. The lowest BCUT2D eigenvalue weighted by atomic mass is 10.0. The van der Waals surface area contributed by atoms with E-state index in [0.717, 1.165) is 18.4 Å². The maximum atomic E-state index is 13.0. The molecule has 0 aliphatic carbocycles. The van der Waals surface area contributed by atoms with Crippen LogP contribution in [0.4, 0.5) is 0 Å². The molecule has 1 aliphatic rings. The molecule has 0 atom stereocenters. The molecule has 1 aliphatic heterocycles. The highest BCUT2D eigenvalue weighted by Crippen LogP contribution is 2.18. The fraction of sp³-hybridized carbons (Fsp3) is 0.611. The molecular weight excluding hydrogens is 308 g/mol. The van der Waals surface area contributed by atoms with Crippen LogP contribution >= 0.6 is 0 Å². The SMILES string of the molecule is CCCN(C(=O)c1ccc(CCOC)cc1CO)N1CCOCC1. The van der Waals surface area contributed by atoms with Crippen molar-refractivity contribution in [2.45, 2.75) is 26.4 Å². The molecule has 24 heavy (non-hydrogen) atoms. The van der Waals surface area contributed by atoms with Crippen molar-refractivity contribution >= 4 is 5.91 Å². The standard InChI is InChI=1S/C18H28N2O4/c1-3-7-20(19-8-11-24-12-9-19)18(22)17-5-4-15(6-10-23-2)13-16(17)14-21/h4-5,13,21H,3,6-12,14H2,1-2H3. The lowest BCUT2D eigenvalue weighted by Crippen LogP contribution is -2.52. The quantitative estimate of drug-likeness (QED) is 0.779. The lowest BCUT2D eigenvalue weighted by molar-refractivity contribution is -0.0698. The van der Waals surface area contributed by atoms with E-state index in [1.165, 1.54) is 0 Å². The molecule has 0 spiro atoms. The van der Waals surface area contributed by atoms with Gasteiger partial charge >= 0.3 is 0 Å². The van der Waals surface area contributed by atoms with E-state index in [1.54, 1.807) is 12.1 Å². The lowest BCUT2D eigenvalue weighted by Gasteiger charge is -2.37. The molecule has 1 aromatic carbocycles. The molecule has 0 unspecified atom stereocenters. The van der Waals surface area contributed by atoms with E-state index in [2.05, 4.69) is 11.9 Å². The zero-order valence-corrected chi connectivity index (χ0v) is 14.7. The number of carbonyl (C=O) groups is 1. The van der Waals surface area contributed by atoms with Gasteiger partial charge in [-0.1, -0.05) is 19.1 Å². The summed E-state index contributed by atoms with van der Waals surface area (Å²) in [6.45, 7) is 5.89. The third-order valence-corrected chi connectivity index (χ3v) is 4.16. The van der Waals surface area contributed by atoms with E-state index < -0.39 is 0 Å². The number of hydrogen-bond donors (Lipinski definition) is 1. The number of morpholine rings is 1. The molecule has 6 nitrogen and oxygen atoms in total. The van der Waals surface area contributed by atoms with E-state index in [0.29, 0.717) is 50.6 Å². The van der Waals surface area contributed by atoms with Crippen LogP contribution in [0.5, 0.6) is 0 Å². The van der Waals surface area contributed by atoms with Crippen molar-refractivity contribution in [3.05, 3.63) is 34.9 Å². The van der Waals surface area contributed by atoms with E-state index in [1.807, 2.05) is 18.2 Å². The van der Waals surface area contributed by atoms with Gasteiger partial charge in [-0.3, -0.25) is 9.80 Å². The molecule has 6 heteroatoms. The number of hydrogen-bond acceptors (Lipinski definition) is 5. The van der Waals surface area contributed by atoms with E-state index >= 15 is 0 Å². The first-order valence-corrected chi connectivity index (χ1v) is 8.57. The molecule has 0 saturated carbocycles. The topological polar surface area (TPSA) is 62.2 Å². The van der Waals surface area contributed by atoms with Crippen molar-refractivity contribution in [3.8, 4) is 0 Å². The Morgan fingerprint density at radius 1 is 1.38 bits per heavy atom. The molecule has 1 heterocycles. The summed E-state index contributed by atoms with van der Waals surface area (Å²) in [7, 11) is 1.66. The van der Waals surface area contributed by atoms with Crippen LogP contribution in [0.25, 0.3) is 0 Å². The number of carbonyl (C=O) groups excluding carboxylic acids is 1. The maximum absolute atomic E-state index is 13.0. The molecule has 1 amide bonds. The number of nitrogens with zero attached hydrogens (tertiary/aromatic N) is 2. The summed E-state index contributed by atoms with van der Waals surface area (Å²) in [5.41, 5.74) is 2.30. The predicted molar refractivity (Wildman–Crippen MR) is 91.7 cm³/mol. The van der Waals surface area contributed by atoms with Gasteiger partial charge in [0.25, 0.3) is 5.91 Å². The summed E-state index contributed by atoms with van der Waals surface area (Å²) < 4.78 is 10.5. The average Bonchev–Trinajstić information content (AvgIpc) is 2.64. The van der Waals surface area contributed by atoms with Gasteiger partial charge in [0.1, 0.15) is 0 Å². The second-order valence-electron chi connectivity index (χ2n) is 5.89. The molecule has 2 rings (SSSR count). The number of aliphatic hydroxyl groups is 1. The highest BCUT2D eigenvalue weighted by Gasteiger charge is 2.25. The zero-order chi connectivity index (χ0) is 17.4. The van der Waals surface area contributed by atoms with Crippen LogP contribution in [0, 0.1) is 0 Å². The zero-order valence-electron chi connectivity index (χ0n) is 14.7. The van der Waals surface area contributed by atoms with Crippen LogP contribution in [0.15, 0.2) is 18.2 Å². The van der Waals surface area contributed by atoms with Crippen LogP contribution in [0.2, 0.25) is 0 Å². The summed E-state index contributed by atoms with van der Waals surface area (Å²) in [6.07, 6.45) is 1.64. The van der Waals surface area contributed by atoms with Gasteiger partial charge in [-0.25, -0.2) is 5.01 Å². The summed E-state index contributed by atoms with van der Waals surface area (Å²) >= 11 is 0. The summed E-state index contributed by atoms with van der Waals surface area (Å²) in [6, 6.07) is 5.66. The Labute approximate surface area is 143 Å². The number of methoxy groups -OCH3 is 1. The van der Waals surface area contributed by atoms with Crippen molar-refractivity contribution < 1.29 is 19.4 Å². The third-order valence-electron chi connectivity index (χ3n) is 4.16. The number of ether oxygens (including phenoxy) is 2. The normalized spacial score (nSPS) is 15.5. The largest absolute Gasteiger partial charge is 0.392 e. The van der Waals surface area contributed by atoms with Crippen LogP contribution in [-0.4, -0.2) is 67.6 Å². The molecule has 1 N–H and O–H groups in total. The van der Waals surface area contributed by atoms with Gasteiger partial charge in [-0.05, 0) is 30.0 Å². The summed E-state index contributed by atoms with van der Waals surface area (Å²) in [4.78, 5) is 13.0. The highest BCUT2D eigenvalue weighted by atomic mass is 16.5. The molecule has 0 bridgehead atoms. The Morgan fingerprint density at radius 2 is 2.12 bits per heavy atom. The smallest absolute Gasteiger partial charge is 0.268 e. The minimum absolute atomic E-state index is 0.0545. The third kappa shape index (κ3) is 4.77. The van der Waals surface area contributed by atoms with Crippen LogP contribution in [0.1, 0.15) is 34.8 Å². The first kappa shape index (κ1) is 18.9. The Bertz CT molecular complexity index is 530. The van der Waals surface area contributed by atoms with Gasteiger partial charge in [0.2, 0.25) is 0 Å². The van der Waals surface area contributed by atoms with Gasteiger partial charge in [0.05, 0.1) is 26.4 Å². The highest BCUT2D eigenvalue weighted by molar-refractivity contribution is 5.95. The Balaban J connectivity index is 2.21. The van der Waals surface area contributed by atoms with Crippen LogP contribution in [-0.2, 0) is 22.5 Å². The van der Waals surface area contributed by atoms with Gasteiger partial charge in [0.15, 0.2) is 0 Å². The number of aliphatic hydroxyl groups excluding tert-OH is 1. The average molecular weight is 336 g/mol. The maximum Gasteiger partial charge on any atom is 0.268 e. The van der Waals surface area contributed by atoms with Crippen molar-refractivity contribution in [2.24, 2.45) is 0 Å². The second-order valence-corrected chi connectivity index (χ2v) is 5.89. The minimum Gasteiger partial charge on any atom is -0.392 e. The molecule has 1 aromatic rings. The number of hydrazine groups is 1. The molecular formula is C18H28N2O4. The minimum atomic E-state index is -0.148. The van der Waals surface area contributed by atoms with Gasteiger partial charge in [-0.2, -0.15) is 0 Å². The number of amides is 1. The Morgan fingerprint density at radius 3 is 2.75 bits per heavy atom. The molecule has 1 saturated heterocycles. The molecule has 0 aromatic heterocycles. The van der Waals surface area contributed by atoms with Gasteiger partial charge in [0, 0.05) is 32.3 Å². The number of benzene rings is 1. The molecule has 0 radical (unpaired) electrons. The van der Waals surface area contributed by atoms with E-state index in [4.69, 9.17) is 9.47 Å². The fourth-order valence-corrected chi connectivity index (χ4v) is 2.88. The Kier molecular flexibility index (Phi) is 7.65. The summed E-state index contributed by atoms with van der Waals surface area (Å²) in [5, 5.41) is 13.6. The number of rotatable bonds is 8. The first-order valence-electron chi connectivity index (χ1n) is 8.57. The molecule has 1 fully saturated rings. The van der Waals surface area contributed by atoms with Gasteiger partial charge < -0.3 is 14.6 Å². The second kappa shape index (κ2) is 9.74. The summed E-state index contributed by atoms with van der Waals surface area (Å²) in [5.74, 6) is -0.0545. The van der Waals surface area contributed by atoms with E-state index in [9.17, 15) is 9.90 Å².